The Bertz CT molecular complexity index is 730. The molecular formula is C14H14F2N2O4. The van der Waals surface area contributed by atoms with Crippen LogP contribution in [0.4, 0.5) is 8.78 Å². The standard InChI is InChI=1S/C14H14F2N2O4/c15-14(16,7-17)8-18-12(19)6-21-10-3-1-9-2-4-13(20)22-11(9)5-10/h1-5H,6-8,17H2,(H,18,19). The molecule has 0 radical (unpaired) electrons. The van der Waals surface area contributed by atoms with Crippen LogP contribution in [-0.4, -0.2) is 31.5 Å². The van der Waals surface area contributed by atoms with E-state index in [2.05, 4.69) is 0 Å². The van der Waals surface area contributed by atoms with Crippen LogP contribution >= 0.6 is 0 Å². The van der Waals surface area contributed by atoms with Crippen molar-refractivity contribution < 1.29 is 22.7 Å². The number of carbonyl (C=O) groups excluding carboxylic acids is 1. The van der Waals surface area contributed by atoms with E-state index in [1.54, 1.807) is 18.2 Å². The van der Waals surface area contributed by atoms with Crippen LogP contribution in [0.25, 0.3) is 11.0 Å². The Labute approximate surface area is 123 Å². The first-order chi connectivity index (χ1) is 10.4. The van der Waals surface area contributed by atoms with E-state index < -0.39 is 37.2 Å². The minimum atomic E-state index is -3.15. The number of halogens is 2. The van der Waals surface area contributed by atoms with Crippen molar-refractivity contribution in [2.45, 2.75) is 5.92 Å². The molecule has 0 aliphatic rings. The maximum absolute atomic E-state index is 12.9. The zero-order valence-corrected chi connectivity index (χ0v) is 11.5. The highest BCUT2D eigenvalue weighted by Crippen LogP contribution is 2.19. The number of ether oxygens (including phenoxy) is 1. The Kier molecular flexibility index (Phi) is 4.71. The topological polar surface area (TPSA) is 94.6 Å². The highest BCUT2D eigenvalue weighted by atomic mass is 19.3. The first kappa shape index (κ1) is 15.9. The smallest absolute Gasteiger partial charge is 0.336 e. The summed E-state index contributed by atoms with van der Waals surface area (Å²) in [6.45, 7) is -2.14. The summed E-state index contributed by atoms with van der Waals surface area (Å²) in [5.41, 5.74) is 4.65. The number of hydrogen-bond donors (Lipinski definition) is 2. The van der Waals surface area contributed by atoms with Crippen molar-refractivity contribution in [2.24, 2.45) is 5.73 Å². The number of rotatable bonds is 6. The summed E-state index contributed by atoms with van der Waals surface area (Å²) in [4.78, 5) is 22.5. The number of nitrogens with two attached hydrogens (primary N) is 1. The lowest BCUT2D eigenvalue weighted by atomic mass is 10.2. The molecule has 0 aliphatic heterocycles. The van der Waals surface area contributed by atoms with Gasteiger partial charge in [-0.2, -0.15) is 0 Å². The van der Waals surface area contributed by atoms with Crippen LogP contribution in [0.1, 0.15) is 0 Å². The van der Waals surface area contributed by atoms with Gasteiger partial charge >= 0.3 is 5.63 Å². The molecule has 3 N–H and O–H groups in total. The fraction of sp³-hybridized carbons (Fsp3) is 0.286. The number of hydrogen-bond acceptors (Lipinski definition) is 5. The Hall–Kier alpha value is -2.48. The SMILES string of the molecule is NCC(F)(F)CNC(=O)COc1ccc2ccc(=O)oc2c1. The predicted octanol–water partition coefficient (Wildman–Crippen LogP) is 0.882. The summed E-state index contributed by atoms with van der Waals surface area (Å²) in [5, 5.41) is 2.72. The minimum Gasteiger partial charge on any atom is -0.484 e. The number of nitrogens with one attached hydrogen (secondary N) is 1. The maximum atomic E-state index is 12.9. The summed E-state index contributed by atoms with van der Waals surface area (Å²) in [7, 11) is 0. The first-order valence-electron chi connectivity index (χ1n) is 6.41. The zero-order valence-electron chi connectivity index (χ0n) is 11.5. The Morgan fingerprint density at radius 3 is 2.77 bits per heavy atom. The fourth-order valence-corrected chi connectivity index (χ4v) is 1.63. The third-order valence-electron chi connectivity index (χ3n) is 2.81. The van der Waals surface area contributed by atoms with E-state index in [1.165, 1.54) is 12.1 Å². The predicted molar refractivity (Wildman–Crippen MR) is 75.0 cm³/mol. The van der Waals surface area contributed by atoms with Gasteiger partial charge in [0.15, 0.2) is 6.61 Å². The summed E-state index contributed by atoms with van der Waals surface area (Å²) < 4.78 is 35.9. The number of amides is 1. The average molecular weight is 312 g/mol. The van der Waals surface area contributed by atoms with Crippen LogP contribution < -0.4 is 21.4 Å². The minimum absolute atomic E-state index is 0.280. The van der Waals surface area contributed by atoms with Gasteiger partial charge in [0, 0.05) is 17.5 Å². The number of carbonyl (C=O) groups is 1. The highest BCUT2D eigenvalue weighted by Gasteiger charge is 2.27. The lowest BCUT2D eigenvalue weighted by Gasteiger charge is -2.14. The van der Waals surface area contributed by atoms with Gasteiger partial charge < -0.3 is 20.2 Å². The summed E-state index contributed by atoms with van der Waals surface area (Å²) >= 11 is 0. The molecule has 22 heavy (non-hydrogen) atoms. The van der Waals surface area contributed by atoms with Crippen molar-refractivity contribution in [3.05, 3.63) is 40.8 Å². The monoisotopic (exact) mass is 312 g/mol. The fourth-order valence-electron chi connectivity index (χ4n) is 1.63. The lowest BCUT2D eigenvalue weighted by molar-refractivity contribution is -0.124. The second-order valence-corrected chi connectivity index (χ2v) is 4.58. The van der Waals surface area contributed by atoms with Crippen LogP contribution in [0.3, 0.4) is 0 Å². The number of fused-ring (bicyclic) bond motifs is 1. The molecule has 0 bridgehead atoms. The molecule has 2 aromatic rings. The molecule has 0 aliphatic carbocycles. The van der Waals surface area contributed by atoms with Crippen LogP contribution in [0.2, 0.25) is 0 Å². The van der Waals surface area contributed by atoms with Gasteiger partial charge in [0.25, 0.3) is 11.8 Å². The second kappa shape index (κ2) is 6.52. The van der Waals surface area contributed by atoms with E-state index in [0.717, 1.165) is 0 Å². The van der Waals surface area contributed by atoms with Crippen LogP contribution in [-0.2, 0) is 4.79 Å². The third-order valence-corrected chi connectivity index (χ3v) is 2.81. The molecule has 1 amide bonds. The maximum Gasteiger partial charge on any atom is 0.336 e. The molecule has 2 rings (SSSR count). The normalized spacial score (nSPS) is 11.4. The molecule has 1 aromatic carbocycles. The molecule has 0 spiro atoms. The molecule has 1 aromatic heterocycles. The summed E-state index contributed by atoms with van der Waals surface area (Å²) in [6.07, 6.45) is 0. The molecule has 118 valence electrons. The average Bonchev–Trinajstić information content (AvgIpc) is 2.50. The van der Waals surface area contributed by atoms with Crippen molar-refractivity contribution in [3.8, 4) is 5.75 Å². The quantitative estimate of drug-likeness (QED) is 0.772. The van der Waals surface area contributed by atoms with Crippen molar-refractivity contribution >= 4 is 16.9 Å². The van der Waals surface area contributed by atoms with Crippen molar-refractivity contribution in [3.63, 3.8) is 0 Å². The molecule has 8 heteroatoms. The number of benzene rings is 1. The highest BCUT2D eigenvalue weighted by molar-refractivity contribution is 5.79. The van der Waals surface area contributed by atoms with E-state index in [9.17, 15) is 18.4 Å². The van der Waals surface area contributed by atoms with Crippen LogP contribution in [0, 0.1) is 0 Å². The van der Waals surface area contributed by atoms with Crippen molar-refractivity contribution in [2.75, 3.05) is 19.7 Å². The van der Waals surface area contributed by atoms with Gasteiger partial charge in [-0.25, -0.2) is 13.6 Å². The molecule has 1 heterocycles. The Morgan fingerprint density at radius 2 is 2.05 bits per heavy atom. The summed E-state index contributed by atoms with van der Waals surface area (Å²) in [6, 6.07) is 7.54. The van der Waals surface area contributed by atoms with Gasteiger partial charge in [-0.15, -0.1) is 0 Å². The largest absolute Gasteiger partial charge is 0.484 e. The van der Waals surface area contributed by atoms with Gasteiger partial charge in [-0.1, -0.05) is 0 Å². The molecular weight excluding hydrogens is 298 g/mol. The Morgan fingerprint density at radius 1 is 1.32 bits per heavy atom. The molecule has 0 fully saturated rings. The molecule has 0 saturated heterocycles. The first-order valence-corrected chi connectivity index (χ1v) is 6.41. The lowest BCUT2D eigenvalue weighted by Crippen LogP contribution is -2.43. The van der Waals surface area contributed by atoms with Crippen LogP contribution in [0.15, 0.2) is 39.5 Å². The Balaban J connectivity index is 1.94. The molecule has 0 saturated carbocycles. The van der Waals surface area contributed by atoms with Gasteiger partial charge in [0.05, 0.1) is 13.1 Å². The number of alkyl halides is 2. The van der Waals surface area contributed by atoms with Gasteiger partial charge in [0.1, 0.15) is 11.3 Å². The van der Waals surface area contributed by atoms with Crippen LogP contribution in [0.5, 0.6) is 5.75 Å². The van der Waals surface area contributed by atoms with E-state index in [4.69, 9.17) is 14.9 Å². The van der Waals surface area contributed by atoms with Crippen molar-refractivity contribution in [1.29, 1.82) is 0 Å². The molecule has 0 unspecified atom stereocenters. The van der Waals surface area contributed by atoms with E-state index in [1.807, 2.05) is 5.32 Å². The summed E-state index contributed by atoms with van der Waals surface area (Å²) in [5.74, 6) is -3.58. The molecule has 0 atom stereocenters. The van der Waals surface area contributed by atoms with E-state index >= 15 is 0 Å². The van der Waals surface area contributed by atoms with E-state index in [0.29, 0.717) is 11.0 Å². The van der Waals surface area contributed by atoms with E-state index in [-0.39, 0.29) is 5.75 Å². The zero-order chi connectivity index (χ0) is 16.2. The van der Waals surface area contributed by atoms with Gasteiger partial charge in [-0.05, 0) is 18.2 Å². The van der Waals surface area contributed by atoms with Crippen molar-refractivity contribution in [1.82, 2.24) is 5.32 Å². The second-order valence-electron chi connectivity index (χ2n) is 4.58. The third kappa shape index (κ3) is 4.26. The van der Waals surface area contributed by atoms with Gasteiger partial charge in [0.2, 0.25) is 0 Å². The molecule has 6 nitrogen and oxygen atoms in total. The van der Waals surface area contributed by atoms with Gasteiger partial charge in [-0.3, -0.25) is 4.79 Å².